The summed E-state index contributed by atoms with van der Waals surface area (Å²) in [6.45, 7) is 1.88. The number of aryl methyl sites for hydroxylation is 1. The van der Waals surface area contributed by atoms with E-state index in [-0.39, 0.29) is 30.1 Å². The summed E-state index contributed by atoms with van der Waals surface area (Å²) in [5.74, 6) is -2.33. The Bertz CT molecular complexity index is 880. The first-order chi connectivity index (χ1) is 11.9. The molecule has 5 nitrogen and oxygen atoms in total. The molecule has 0 saturated heterocycles. The zero-order chi connectivity index (χ0) is 18.0. The maximum absolute atomic E-state index is 13.7. The first kappa shape index (κ1) is 16.8. The summed E-state index contributed by atoms with van der Waals surface area (Å²) in [5, 5.41) is 7.55. The number of carbonyl (C=O) groups is 2. The molecule has 2 aromatic rings. The van der Waals surface area contributed by atoms with Gasteiger partial charge in [0.25, 0.3) is 5.91 Å². The van der Waals surface area contributed by atoms with E-state index in [1.54, 1.807) is 18.2 Å². The number of hydrogen-bond donors (Lipinski definition) is 1. The van der Waals surface area contributed by atoms with Gasteiger partial charge in [-0.1, -0.05) is 12.1 Å². The van der Waals surface area contributed by atoms with Gasteiger partial charge in [-0.25, -0.2) is 13.8 Å². The van der Waals surface area contributed by atoms with Crippen molar-refractivity contribution in [3.63, 3.8) is 0 Å². The fraction of sp³-hybridized carbons (Fsp3) is 0.167. The van der Waals surface area contributed by atoms with Crippen molar-refractivity contribution in [2.24, 2.45) is 5.10 Å². The molecule has 7 heteroatoms. The molecule has 1 aliphatic heterocycles. The molecule has 1 N–H and O–H groups in total. The lowest BCUT2D eigenvalue weighted by Gasteiger charge is -2.23. The Kier molecular flexibility index (Phi) is 4.56. The van der Waals surface area contributed by atoms with Gasteiger partial charge < -0.3 is 5.32 Å². The molecule has 25 heavy (non-hydrogen) atoms. The molecule has 2 amide bonds. The van der Waals surface area contributed by atoms with Crippen LogP contribution in [0.1, 0.15) is 18.4 Å². The third kappa shape index (κ3) is 3.71. The number of amides is 2. The minimum atomic E-state index is -0.752. The highest BCUT2D eigenvalue weighted by atomic mass is 19.1. The molecule has 0 radical (unpaired) electrons. The van der Waals surface area contributed by atoms with E-state index in [4.69, 9.17) is 0 Å². The van der Waals surface area contributed by atoms with Gasteiger partial charge in [0.1, 0.15) is 17.3 Å². The molecule has 0 aromatic heterocycles. The third-order valence-electron chi connectivity index (χ3n) is 3.72. The van der Waals surface area contributed by atoms with Crippen LogP contribution in [-0.4, -0.2) is 17.5 Å². The lowest BCUT2D eigenvalue weighted by atomic mass is 10.1. The summed E-state index contributed by atoms with van der Waals surface area (Å²) in [6, 6.07) is 9.92. The second-order valence-corrected chi connectivity index (χ2v) is 5.67. The number of anilines is 2. The lowest BCUT2D eigenvalue weighted by Crippen LogP contribution is -2.36. The van der Waals surface area contributed by atoms with E-state index in [0.717, 1.165) is 28.8 Å². The van der Waals surface area contributed by atoms with Crippen molar-refractivity contribution in [3.05, 3.63) is 59.7 Å². The van der Waals surface area contributed by atoms with Crippen LogP contribution in [0.4, 0.5) is 20.2 Å². The molecular formula is C18H15F2N3O2. The second-order valence-electron chi connectivity index (χ2n) is 5.67. The average Bonchev–Trinajstić information content (AvgIpc) is 2.58. The minimum Gasteiger partial charge on any atom is -0.318 e. The summed E-state index contributed by atoms with van der Waals surface area (Å²) in [5.41, 5.74) is 1.29. The number of benzene rings is 2. The number of hydrazone groups is 1. The highest BCUT2D eigenvalue weighted by Gasteiger charge is 2.26. The van der Waals surface area contributed by atoms with Crippen LogP contribution in [0, 0.1) is 18.6 Å². The van der Waals surface area contributed by atoms with Crippen LogP contribution in [0.5, 0.6) is 0 Å². The van der Waals surface area contributed by atoms with Crippen LogP contribution in [0.2, 0.25) is 0 Å². The van der Waals surface area contributed by atoms with Gasteiger partial charge >= 0.3 is 0 Å². The van der Waals surface area contributed by atoms with E-state index in [2.05, 4.69) is 10.4 Å². The number of nitrogens with zero attached hydrogens (tertiary/aromatic N) is 2. The molecule has 3 rings (SSSR count). The first-order valence-electron chi connectivity index (χ1n) is 7.67. The van der Waals surface area contributed by atoms with Crippen LogP contribution < -0.4 is 10.3 Å². The summed E-state index contributed by atoms with van der Waals surface area (Å²) < 4.78 is 26.9. The van der Waals surface area contributed by atoms with Gasteiger partial charge in [0.05, 0.1) is 11.4 Å². The van der Waals surface area contributed by atoms with Crippen molar-refractivity contribution in [1.82, 2.24) is 0 Å². The highest BCUT2D eigenvalue weighted by Crippen LogP contribution is 2.22. The quantitative estimate of drug-likeness (QED) is 0.928. The molecular weight excluding hydrogens is 328 g/mol. The average molecular weight is 343 g/mol. The maximum atomic E-state index is 13.7. The van der Waals surface area contributed by atoms with Crippen molar-refractivity contribution < 1.29 is 18.4 Å². The van der Waals surface area contributed by atoms with Gasteiger partial charge in [0, 0.05) is 18.9 Å². The van der Waals surface area contributed by atoms with Crippen molar-refractivity contribution in [2.75, 3.05) is 10.3 Å². The molecule has 0 bridgehead atoms. The smallest absolute Gasteiger partial charge is 0.271 e. The number of nitrogens with one attached hydrogen (secondary N) is 1. The Morgan fingerprint density at radius 1 is 1.16 bits per heavy atom. The highest BCUT2D eigenvalue weighted by molar-refractivity contribution is 6.44. The van der Waals surface area contributed by atoms with Gasteiger partial charge in [-0.2, -0.15) is 5.10 Å². The number of rotatable bonds is 3. The van der Waals surface area contributed by atoms with Crippen LogP contribution in [0.15, 0.2) is 47.6 Å². The molecule has 0 saturated carbocycles. The Morgan fingerprint density at radius 2 is 1.96 bits per heavy atom. The van der Waals surface area contributed by atoms with Gasteiger partial charge in [0.15, 0.2) is 0 Å². The first-order valence-corrected chi connectivity index (χ1v) is 7.67. The monoisotopic (exact) mass is 343 g/mol. The van der Waals surface area contributed by atoms with E-state index >= 15 is 0 Å². The zero-order valence-electron chi connectivity index (χ0n) is 13.4. The van der Waals surface area contributed by atoms with E-state index in [9.17, 15) is 18.4 Å². The van der Waals surface area contributed by atoms with Crippen LogP contribution in [-0.2, 0) is 9.59 Å². The van der Waals surface area contributed by atoms with Crippen molar-refractivity contribution in [3.8, 4) is 0 Å². The van der Waals surface area contributed by atoms with Gasteiger partial charge in [-0.15, -0.1) is 0 Å². The molecule has 2 aromatic carbocycles. The summed E-state index contributed by atoms with van der Waals surface area (Å²) in [4.78, 5) is 24.4. The van der Waals surface area contributed by atoms with E-state index in [1.807, 2.05) is 13.0 Å². The van der Waals surface area contributed by atoms with Gasteiger partial charge in [-0.3, -0.25) is 9.59 Å². The zero-order valence-corrected chi connectivity index (χ0v) is 13.4. The van der Waals surface area contributed by atoms with Crippen molar-refractivity contribution >= 4 is 28.9 Å². The molecule has 0 atom stereocenters. The van der Waals surface area contributed by atoms with Crippen LogP contribution >= 0.6 is 0 Å². The van der Waals surface area contributed by atoms with Crippen molar-refractivity contribution in [2.45, 2.75) is 19.8 Å². The van der Waals surface area contributed by atoms with E-state index in [1.165, 1.54) is 0 Å². The Labute approximate surface area is 143 Å². The minimum absolute atomic E-state index is 0.0739. The molecule has 0 aliphatic carbocycles. The fourth-order valence-electron chi connectivity index (χ4n) is 2.47. The molecule has 0 spiro atoms. The molecule has 0 unspecified atom stereocenters. The van der Waals surface area contributed by atoms with E-state index < -0.39 is 17.5 Å². The predicted molar refractivity (Wildman–Crippen MR) is 90.3 cm³/mol. The Balaban J connectivity index is 1.86. The summed E-state index contributed by atoms with van der Waals surface area (Å²) in [7, 11) is 0. The summed E-state index contributed by atoms with van der Waals surface area (Å²) in [6.07, 6.45) is 0.232. The summed E-state index contributed by atoms with van der Waals surface area (Å²) >= 11 is 0. The Hall–Kier alpha value is -3.09. The second kappa shape index (κ2) is 6.80. The third-order valence-corrected chi connectivity index (χ3v) is 3.72. The normalized spacial score (nSPS) is 14.3. The predicted octanol–water partition coefficient (Wildman–Crippen LogP) is 3.39. The SMILES string of the molecule is Cc1cccc(N2N=C(C(=O)Nc3cc(F)ccc3F)CCC2=O)c1. The standard InChI is InChI=1S/C18H15F2N3O2/c1-11-3-2-4-13(9-11)23-17(24)8-7-15(22-23)18(25)21-16-10-12(19)5-6-14(16)20/h2-6,9-10H,7-8H2,1H3,(H,21,25). The molecule has 1 aliphatic rings. The molecule has 0 fully saturated rings. The lowest BCUT2D eigenvalue weighted by molar-refractivity contribution is -0.118. The topological polar surface area (TPSA) is 61.8 Å². The largest absolute Gasteiger partial charge is 0.318 e. The molecule has 1 heterocycles. The fourth-order valence-corrected chi connectivity index (χ4v) is 2.47. The number of hydrogen-bond acceptors (Lipinski definition) is 3. The Morgan fingerprint density at radius 3 is 2.72 bits per heavy atom. The van der Waals surface area contributed by atoms with Crippen LogP contribution in [0.3, 0.4) is 0 Å². The molecule has 128 valence electrons. The van der Waals surface area contributed by atoms with Gasteiger partial charge in [0.2, 0.25) is 5.91 Å². The maximum Gasteiger partial charge on any atom is 0.271 e. The van der Waals surface area contributed by atoms with E-state index in [0.29, 0.717) is 5.69 Å². The van der Waals surface area contributed by atoms with Crippen molar-refractivity contribution in [1.29, 1.82) is 0 Å². The van der Waals surface area contributed by atoms with Gasteiger partial charge in [-0.05, 0) is 36.8 Å². The van der Waals surface area contributed by atoms with Crippen LogP contribution in [0.25, 0.3) is 0 Å². The number of halogens is 2. The number of carbonyl (C=O) groups excluding carboxylic acids is 2.